The maximum Gasteiger partial charge on any atom is 0.308 e. The van der Waals surface area contributed by atoms with Gasteiger partial charge in [-0.15, -0.1) is 0 Å². The van der Waals surface area contributed by atoms with Gasteiger partial charge >= 0.3 is 5.97 Å². The Morgan fingerprint density at radius 3 is 2.22 bits per heavy atom. The summed E-state index contributed by atoms with van der Waals surface area (Å²) < 4.78 is 5.12. The van der Waals surface area contributed by atoms with Crippen molar-refractivity contribution in [2.75, 3.05) is 7.11 Å². The summed E-state index contributed by atoms with van der Waals surface area (Å²) in [6, 6.07) is 0. The fraction of sp³-hybridized carbons (Fsp3) is 0.781. The Hall–Kier alpha value is -1.71. The first-order valence-corrected chi connectivity index (χ1v) is 14.4. The standard InChI is InChI=1S/C30H42O4.C2H6/c1-17-16-30(6)23(27(2,3)25(17)32)10-13-29(5)20-9-12-28(4)11-8-18(26(33)34-7)14-21(28)19(20)15-22(31)24(29)30;1-2/h15-16,18,20-21,23-24H,8-14H2,1-7H3;1-2H3. The Morgan fingerprint density at radius 2 is 1.58 bits per heavy atom. The molecule has 8 atom stereocenters. The van der Waals surface area contributed by atoms with E-state index in [4.69, 9.17) is 4.74 Å². The van der Waals surface area contributed by atoms with Crippen LogP contribution in [0.15, 0.2) is 23.3 Å². The van der Waals surface area contributed by atoms with E-state index in [2.05, 4.69) is 40.7 Å². The summed E-state index contributed by atoms with van der Waals surface area (Å²) in [5.74, 6) is 1.06. The Labute approximate surface area is 218 Å². The van der Waals surface area contributed by atoms with E-state index in [0.29, 0.717) is 5.92 Å². The van der Waals surface area contributed by atoms with Gasteiger partial charge < -0.3 is 4.74 Å². The molecule has 0 saturated heterocycles. The normalized spacial score (nSPS) is 44.9. The van der Waals surface area contributed by atoms with Crippen LogP contribution in [-0.4, -0.2) is 24.6 Å². The maximum absolute atomic E-state index is 14.1. The van der Waals surface area contributed by atoms with Crippen molar-refractivity contribution in [1.29, 1.82) is 0 Å². The van der Waals surface area contributed by atoms with Crippen LogP contribution in [0.1, 0.15) is 100 Å². The Balaban J connectivity index is 0.00000148. The third-order valence-electron chi connectivity index (χ3n) is 11.5. The van der Waals surface area contributed by atoms with Crippen molar-refractivity contribution in [2.45, 2.75) is 100 Å². The van der Waals surface area contributed by atoms with E-state index in [9.17, 15) is 14.4 Å². The molecule has 3 fully saturated rings. The molecule has 0 bridgehead atoms. The van der Waals surface area contributed by atoms with Gasteiger partial charge in [-0.3, -0.25) is 14.4 Å². The van der Waals surface area contributed by atoms with Gasteiger partial charge in [0.25, 0.3) is 0 Å². The van der Waals surface area contributed by atoms with Gasteiger partial charge in [-0.25, -0.2) is 0 Å². The summed E-state index contributed by atoms with van der Waals surface area (Å²) in [6.45, 7) is 17.1. The maximum atomic E-state index is 14.1. The van der Waals surface area contributed by atoms with Crippen LogP contribution in [0.5, 0.6) is 0 Å². The molecule has 4 heteroatoms. The number of ketones is 2. The third-order valence-corrected chi connectivity index (χ3v) is 11.5. The highest BCUT2D eigenvalue weighted by Gasteiger charge is 2.66. The van der Waals surface area contributed by atoms with Crippen LogP contribution in [0.25, 0.3) is 0 Å². The summed E-state index contributed by atoms with van der Waals surface area (Å²) in [5.41, 5.74) is 1.43. The van der Waals surface area contributed by atoms with Gasteiger partial charge in [-0.2, -0.15) is 0 Å². The quantitative estimate of drug-likeness (QED) is 0.363. The Morgan fingerprint density at radius 1 is 0.944 bits per heavy atom. The van der Waals surface area contributed by atoms with Crippen molar-refractivity contribution < 1.29 is 19.1 Å². The monoisotopic (exact) mass is 496 g/mol. The largest absolute Gasteiger partial charge is 0.469 e. The van der Waals surface area contributed by atoms with Crippen molar-refractivity contribution in [3.8, 4) is 0 Å². The van der Waals surface area contributed by atoms with Crippen LogP contribution >= 0.6 is 0 Å². The van der Waals surface area contributed by atoms with E-state index in [1.165, 1.54) is 12.7 Å². The summed E-state index contributed by atoms with van der Waals surface area (Å²) in [4.78, 5) is 39.6. The minimum Gasteiger partial charge on any atom is -0.469 e. The van der Waals surface area contributed by atoms with Crippen LogP contribution in [0.4, 0.5) is 0 Å². The molecule has 8 unspecified atom stereocenters. The van der Waals surface area contributed by atoms with Crippen molar-refractivity contribution in [2.24, 2.45) is 51.2 Å². The number of rotatable bonds is 1. The number of carbonyl (C=O) groups excluding carboxylic acids is 3. The first-order chi connectivity index (χ1) is 16.8. The minimum atomic E-state index is -0.443. The van der Waals surface area contributed by atoms with Crippen LogP contribution in [0.3, 0.4) is 0 Å². The van der Waals surface area contributed by atoms with Gasteiger partial charge in [0.2, 0.25) is 0 Å². The van der Waals surface area contributed by atoms with Gasteiger partial charge in [0.15, 0.2) is 11.6 Å². The molecular weight excluding hydrogens is 448 g/mol. The molecular formula is C32H48O4. The molecule has 3 saturated carbocycles. The lowest BCUT2D eigenvalue weighted by Crippen LogP contribution is -2.62. The number of hydrogen-bond acceptors (Lipinski definition) is 4. The molecule has 0 aliphatic heterocycles. The predicted octanol–water partition coefficient (Wildman–Crippen LogP) is 7.12. The lowest BCUT2D eigenvalue weighted by Gasteiger charge is -2.65. The van der Waals surface area contributed by atoms with E-state index in [1.54, 1.807) is 0 Å². The second-order valence-electron chi connectivity index (χ2n) is 13.6. The molecule has 5 aliphatic rings. The lowest BCUT2D eigenvalue weighted by molar-refractivity contribution is -0.158. The first-order valence-electron chi connectivity index (χ1n) is 14.4. The van der Waals surface area contributed by atoms with Crippen LogP contribution < -0.4 is 0 Å². The summed E-state index contributed by atoms with van der Waals surface area (Å²) in [7, 11) is 1.49. The number of carbonyl (C=O) groups is 3. The first kappa shape index (κ1) is 27.3. The van der Waals surface area contributed by atoms with Gasteiger partial charge in [0.1, 0.15) is 0 Å². The topological polar surface area (TPSA) is 60.4 Å². The predicted molar refractivity (Wildman–Crippen MR) is 143 cm³/mol. The number of allylic oxidation sites excluding steroid dienone is 4. The molecule has 36 heavy (non-hydrogen) atoms. The van der Waals surface area contributed by atoms with Crippen molar-refractivity contribution in [1.82, 2.24) is 0 Å². The van der Waals surface area contributed by atoms with Crippen molar-refractivity contribution in [3.05, 3.63) is 23.3 Å². The fourth-order valence-electron chi connectivity index (χ4n) is 9.98. The molecule has 5 rings (SSSR count). The van der Waals surface area contributed by atoms with E-state index in [1.807, 2.05) is 26.8 Å². The van der Waals surface area contributed by atoms with Gasteiger partial charge in [0.05, 0.1) is 13.0 Å². The van der Waals surface area contributed by atoms with Crippen LogP contribution in [0, 0.1) is 51.2 Å². The highest BCUT2D eigenvalue weighted by molar-refractivity contribution is 6.01. The summed E-state index contributed by atoms with van der Waals surface area (Å²) >= 11 is 0. The summed E-state index contributed by atoms with van der Waals surface area (Å²) in [6.07, 6.45) is 11.1. The molecule has 0 aromatic heterocycles. The lowest BCUT2D eigenvalue weighted by atomic mass is 9.38. The molecule has 0 radical (unpaired) electrons. The number of fused-ring (bicyclic) bond motifs is 7. The van der Waals surface area contributed by atoms with Crippen LogP contribution in [-0.2, 0) is 19.1 Å². The number of hydrogen-bond donors (Lipinski definition) is 0. The van der Waals surface area contributed by atoms with Gasteiger partial charge in [-0.05, 0) is 92.1 Å². The Kier molecular flexibility index (Phi) is 6.79. The molecule has 0 aromatic carbocycles. The fourth-order valence-corrected chi connectivity index (χ4v) is 9.98. The molecule has 0 heterocycles. The molecule has 0 amide bonds. The van der Waals surface area contributed by atoms with E-state index in [0.717, 1.165) is 50.5 Å². The van der Waals surface area contributed by atoms with Crippen molar-refractivity contribution >= 4 is 17.5 Å². The smallest absolute Gasteiger partial charge is 0.308 e. The molecule has 200 valence electrons. The third kappa shape index (κ3) is 3.63. The molecule has 5 aliphatic carbocycles. The van der Waals surface area contributed by atoms with E-state index in [-0.39, 0.29) is 57.5 Å². The van der Waals surface area contributed by atoms with Crippen molar-refractivity contribution in [3.63, 3.8) is 0 Å². The number of methoxy groups -OCH3 is 1. The number of esters is 1. The van der Waals surface area contributed by atoms with E-state index >= 15 is 0 Å². The zero-order valence-electron chi connectivity index (χ0n) is 24.1. The van der Waals surface area contributed by atoms with Gasteiger partial charge in [0, 0.05) is 16.7 Å². The molecule has 4 nitrogen and oxygen atoms in total. The number of Topliss-reactive ketones (excluding diaryl/α,β-unsaturated/α-hetero) is 1. The molecule has 0 aromatic rings. The molecule has 0 N–H and O–H groups in total. The van der Waals surface area contributed by atoms with Crippen LogP contribution in [0.2, 0.25) is 0 Å². The SMILES string of the molecule is CC.COC(=O)C1CCC2(C)CCC3C(=CC(=O)C4C5(C)C=C(C)C(=O)C(C)(C)C5CCC34C)C2C1. The Bertz CT molecular complexity index is 1020. The second kappa shape index (κ2) is 8.95. The minimum absolute atomic E-state index is 0.0626. The highest BCUT2D eigenvalue weighted by atomic mass is 16.5. The second-order valence-corrected chi connectivity index (χ2v) is 13.6. The number of ether oxygens (including phenoxy) is 1. The average molecular weight is 497 g/mol. The zero-order valence-corrected chi connectivity index (χ0v) is 24.1. The highest BCUT2D eigenvalue weighted by Crippen LogP contribution is 2.70. The summed E-state index contributed by atoms with van der Waals surface area (Å²) in [5, 5.41) is 0. The zero-order chi connectivity index (χ0) is 26.8. The van der Waals surface area contributed by atoms with E-state index < -0.39 is 5.41 Å². The average Bonchev–Trinajstić information content (AvgIpc) is 2.82. The van der Waals surface area contributed by atoms with Gasteiger partial charge in [-0.1, -0.05) is 60.1 Å². The molecule has 0 spiro atoms.